The summed E-state index contributed by atoms with van der Waals surface area (Å²) in [5.41, 5.74) is 0. The molecule has 1 amide bonds. The predicted octanol–water partition coefficient (Wildman–Crippen LogP) is 2.41. The van der Waals surface area contributed by atoms with Crippen molar-refractivity contribution in [2.24, 2.45) is 23.7 Å². The molecule has 3 saturated carbocycles. The zero-order valence-electron chi connectivity index (χ0n) is 12.5. The monoisotopic (exact) mass is 276 g/mol. The van der Waals surface area contributed by atoms with Crippen molar-refractivity contribution in [3.63, 3.8) is 0 Å². The average molecular weight is 276 g/mol. The number of nitrogens with one attached hydrogen (secondary N) is 1. The number of nitrogens with zero attached hydrogens (tertiary/aromatic N) is 1. The highest BCUT2D eigenvalue weighted by Crippen LogP contribution is 2.58. The molecule has 0 aromatic heterocycles. The Bertz CT molecular complexity index is 377. The maximum atomic E-state index is 12.0. The third-order valence-electron chi connectivity index (χ3n) is 6.63. The van der Waals surface area contributed by atoms with Gasteiger partial charge in [0.1, 0.15) is 0 Å². The van der Waals surface area contributed by atoms with Crippen molar-refractivity contribution in [2.75, 3.05) is 19.6 Å². The number of hydrogen-bond acceptors (Lipinski definition) is 2. The lowest BCUT2D eigenvalue weighted by molar-refractivity contribution is -0.130. The number of amides is 1. The molecule has 3 nitrogen and oxygen atoms in total. The number of carbonyl (C=O) groups excluding carboxylic acids is 1. The van der Waals surface area contributed by atoms with Crippen molar-refractivity contribution in [2.45, 2.75) is 57.4 Å². The van der Waals surface area contributed by atoms with Gasteiger partial charge in [0.05, 0.1) is 0 Å². The van der Waals surface area contributed by atoms with Crippen LogP contribution in [0.3, 0.4) is 0 Å². The summed E-state index contributed by atoms with van der Waals surface area (Å²) in [5, 5.41) is 3.73. The molecule has 0 radical (unpaired) electrons. The van der Waals surface area contributed by atoms with Crippen LogP contribution >= 0.6 is 0 Å². The fraction of sp³-hybridized carbons (Fsp3) is 0.941. The summed E-state index contributed by atoms with van der Waals surface area (Å²) in [6.07, 6.45) is 10.5. The van der Waals surface area contributed by atoms with Gasteiger partial charge in [0.15, 0.2) is 0 Å². The Morgan fingerprint density at radius 2 is 1.80 bits per heavy atom. The minimum atomic E-state index is 0.372. The molecular weight excluding hydrogens is 248 g/mol. The molecule has 1 N–H and O–H groups in total. The molecule has 1 aliphatic heterocycles. The summed E-state index contributed by atoms with van der Waals surface area (Å²) < 4.78 is 0. The van der Waals surface area contributed by atoms with E-state index in [9.17, 15) is 4.79 Å². The second-order valence-electron chi connectivity index (χ2n) is 7.55. The Morgan fingerprint density at radius 1 is 1.00 bits per heavy atom. The molecule has 3 aliphatic carbocycles. The lowest BCUT2D eigenvalue weighted by Crippen LogP contribution is -2.41. The van der Waals surface area contributed by atoms with Crippen LogP contribution in [-0.2, 0) is 4.79 Å². The van der Waals surface area contributed by atoms with Crippen LogP contribution in [0, 0.1) is 23.7 Å². The van der Waals surface area contributed by atoms with E-state index < -0.39 is 0 Å². The first kappa shape index (κ1) is 13.1. The summed E-state index contributed by atoms with van der Waals surface area (Å²) in [7, 11) is 0. The molecule has 4 rings (SSSR count). The number of likely N-dealkylation sites (tertiary alicyclic amines) is 1. The molecule has 5 unspecified atom stereocenters. The Hall–Kier alpha value is -0.570. The number of fused-ring (bicyclic) bond motifs is 5. The second kappa shape index (κ2) is 5.32. The minimum Gasteiger partial charge on any atom is -0.343 e. The molecule has 1 heterocycles. The molecule has 0 spiro atoms. The summed E-state index contributed by atoms with van der Waals surface area (Å²) in [5.74, 6) is 4.43. The number of rotatable bonds is 4. The quantitative estimate of drug-likeness (QED) is 0.855. The zero-order chi connectivity index (χ0) is 13.5. The molecule has 0 aromatic rings. The molecule has 20 heavy (non-hydrogen) atoms. The Morgan fingerprint density at radius 3 is 2.65 bits per heavy atom. The highest BCUT2D eigenvalue weighted by atomic mass is 16.2. The first-order valence-corrected chi connectivity index (χ1v) is 8.84. The SMILES string of the molecule is O=C(CCNC1CC2CC1C1CCCC21)N1CCCC1. The van der Waals surface area contributed by atoms with E-state index in [2.05, 4.69) is 10.2 Å². The lowest BCUT2D eigenvalue weighted by Gasteiger charge is -2.32. The molecule has 4 aliphatic rings. The summed E-state index contributed by atoms with van der Waals surface area (Å²) >= 11 is 0. The Labute approximate surface area is 122 Å². The van der Waals surface area contributed by atoms with Crippen LogP contribution in [-0.4, -0.2) is 36.5 Å². The van der Waals surface area contributed by atoms with E-state index in [1.807, 2.05) is 0 Å². The standard InChI is InChI=1S/C17H28N2O/c20-17(19-8-1-2-9-19)6-7-18-16-11-12-10-15(16)14-5-3-4-13(12)14/h12-16,18H,1-11H2. The van der Waals surface area contributed by atoms with Gasteiger partial charge in [-0.25, -0.2) is 0 Å². The molecule has 1 saturated heterocycles. The highest BCUT2D eigenvalue weighted by Gasteiger charge is 2.53. The molecule has 5 atom stereocenters. The molecule has 112 valence electrons. The lowest BCUT2D eigenvalue weighted by atomic mass is 9.79. The van der Waals surface area contributed by atoms with Crippen LogP contribution in [0.2, 0.25) is 0 Å². The topological polar surface area (TPSA) is 32.3 Å². The average Bonchev–Trinajstić information content (AvgIpc) is 3.20. The summed E-state index contributed by atoms with van der Waals surface area (Å²) in [6, 6.07) is 0.728. The fourth-order valence-corrected chi connectivity index (χ4v) is 5.79. The maximum absolute atomic E-state index is 12.0. The minimum absolute atomic E-state index is 0.372. The van der Waals surface area contributed by atoms with Crippen LogP contribution in [0.15, 0.2) is 0 Å². The van der Waals surface area contributed by atoms with E-state index in [4.69, 9.17) is 0 Å². The normalized spacial score (nSPS) is 42.4. The van der Waals surface area contributed by atoms with Gasteiger partial charge in [0.2, 0.25) is 5.91 Å². The van der Waals surface area contributed by atoms with Crippen molar-refractivity contribution in [3.05, 3.63) is 0 Å². The van der Waals surface area contributed by atoms with Crippen LogP contribution in [0.1, 0.15) is 51.4 Å². The van der Waals surface area contributed by atoms with Crippen molar-refractivity contribution < 1.29 is 4.79 Å². The van der Waals surface area contributed by atoms with Gasteiger partial charge in [-0.15, -0.1) is 0 Å². The Kier molecular flexibility index (Phi) is 3.49. The number of carbonyl (C=O) groups is 1. The second-order valence-corrected chi connectivity index (χ2v) is 7.55. The van der Waals surface area contributed by atoms with Gasteiger partial charge in [-0.1, -0.05) is 6.42 Å². The molecule has 0 aromatic carbocycles. The van der Waals surface area contributed by atoms with E-state index in [0.717, 1.165) is 49.3 Å². The van der Waals surface area contributed by atoms with Crippen LogP contribution < -0.4 is 5.32 Å². The first-order chi connectivity index (χ1) is 9.83. The van der Waals surface area contributed by atoms with Gasteiger partial charge in [-0.05, 0) is 62.2 Å². The van der Waals surface area contributed by atoms with Crippen molar-refractivity contribution in [3.8, 4) is 0 Å². The Balaban J connectivity index is 1.24. The van der Waals surface area contributed by atoms with Crippen LogP contribution in [0.5, 0.6) is 0 Å². The van der Waals surface area contributed by atoms with Gasteiger partial charge in [0, 0.05) is 32.1 Å². The van der Waals surface area contributed by atoms with Crippen LogP contribution in [0.4, 0.5) is 0 Å². The van der Waals surface area contributed by atoms with E-state index in [1.165, 1.54) is 44.9 Å². The predicted molar refractivity (Wildman–Crippen MR) is 79.3 cm³/mol. The molecule has 4 fully saturated rings. The molecular formula is C17H28N2O. The van der Waals surface area contributed by atoms with Crippen LogP contribution in [0.25, 0.3) is 0 Å². The number of hydrogen-bond donors (Lipinski definition) is 1. The third kappa shape index (κ3) is 2.18. The fourth-order valence-electron chi connectivity index (χ4n) is 5.79. The van der Waals surface area contributed by atoms with Gasteiger partial charge in [-0.2, -0.15) is 0 Å². The molecule has 2 bridgehead atoms. The van der Waals surface area contributed by atoms with Gasteiger partial charge in [-0.3, -0.25) is 4.79 Å². The maximum Gasteiger partial charge on any atom is 0.223 e. The molecule has 3 heteroatoms. The summed E-state index contributed by atoms with van der Waals surface area (Å²) in [4.78, 5) is 14.1. The van der Waals surface area contributed by atoms with Gasteiger partial charge in [0.25, 0.3) is 0 Å². The zero-order valence-corrected chi connectivity index (χ0v) is 12.5. The van der Waals surface area contributed by atoms with E-state index in [1.54, 1.807) is 0 Å². The van der Waals surface area contributed by atoms with E-state index in [-0.39, 0.29) is 0 Å². The third-order valence-corrected chi connectivity index (χ3v) is 6.63. The van der Waals surface area contributed by atoms with E-state index >= 15 is 0 Å². The van der Waals surface area contributed by atoms with Crippen molar-refractivity contribution in [1.29, 1.82) is 0 Å². The summed E-state index contributed by atoms with van der Waals surface area (Å²) in [6.45, 7) is 2.90. The highest BCUT2D eigenvalue weighted by molar-refractivity contribution is 5.76. The van der Waals surface area contributed by atoms with Gasteiger partial charge < -0.3 is 10.2 Å². The van der Waals surface area contributed by atoms with Crippen molar-refractivity contribution >= 4 is 5.91 Å². The first-order valence-electron chi connectivity index (χ1n) is 8.84. The largest absolute Gasteiger partial charge is 0.343 e. The van der Waals surface area contributed by atoms with E-state index in [0.29, 0.717) is 12.3 Å². The van der Waals surface area contributed by atoms with Crippen molar-refractivity contribution in [1.82, 2.24) is 10.2 Å². The smallest absolute Gasteiger partial charge is 0.223 e. The van der Waals surface area contributed by atoms with Gasteiger partial charge >= 0.3 is 0 Å².